The van der Waals surface area contributed by atoms with Crippen molar-refractivity contribution in [2.45, 2.75) is 149 Å². The van der Waals surface area contributed by atoms with Crippen LogP contribution in [0.5, 0.6) is 0 Å². The summed E-state index contributed by atoms with van der Waals surface area (Å²) in [5.74, 6) is 0. The molecule has 1 rings (SSSR count). The lowest BCUT2D eigenvalue weighted by molar-refractivity contribution is -0.385. The molecule has 2 unspecified atom stereocenters. The number of benzene rings is 1. The van der Waals surface area contributed by atoms with Crippen LogP contribution >= 0.6 is 0 Å². The van der Waals surface area contributed by atoms with Crippen LogP contribution in [0.1, 0.15) is 136 Å². The van der Waals surface area contributed by atoms with Gasteiger partial charge < -0.3 is 9.64 Å². The summed E-state index contributed by atoms with van der Waals surface area (Å²) in [5.41, 5.74) is 0.416. The maximum Gasteiger partial charge on any atom is 0.410 e. The third-order valence-electron chi connectivity index (χ3n) is 7.15. The molecule has 36 heavy (non-hydrogen) atoms. The van der Waals surface area contributed by atoms with Gasteiger partial charge in [-0.25, -0.2) is 4.79 Å². The molecule has 1 aromatic rings. The second-order valence-electron chi connectivity index (χ2n) is 10.4. The molecule has 0 spiro atoms. The highest BCUT2D eigenvalue weighted by molar-refractivity contribution is 5.68. The van der Waals surface area contributed by atoms with Crippen molar-refractivity contribution in [1.82, 2.24) is 4.90 Å². The molecule has 2 atom stereocenters. The maximum atomic E-state index is 13.2. The van der Waals surface area contributed by atoms with Crippen molar-refractivity contribution in [3.8, 4) is 0 Å². The third-order valence-corrected chi connectivity index (χ3v) is 7.15. The summed E-state index contributed by atoms with van der Waals surface area (Å²) < 4.78 is 5.65. The summed E-state index contributed by atoms with van der Waals surface area (Å²) >= 11 is 0. The molecule has 0 bridgehead atoms. The molecule has 1 amide bonds. The molecule has 1 aromatic carbocycles. The molecule has 0 N–H and O–H groups in total. The van der Waals surface area contributed by atoms with Gasteiger partial charge in [0, 0.05) is 18.2 Å². The minimum Gasteiger partial charge on any atom is -0.444 e. The summed E-state index contributed by atoms with van der Waals surface area (Å²) in [4.78, 5) is 26.0. The number of carbonyl (C=O) groups is 1. The summed E-state index contributed by atoms with van der Waals surface area (Å²) in [6, 6.07) is 6.63. The number of ether oxygens (including phenoxy) is 1. The number of rotatable bonds is 21. The number of nitro benzene ring substituents is 1. The Bertz CT molecular complexity index is 701. The van der Waals surface area contributed by atoms with E-state index in [1.165, 1.54) is 83.1 Å². The van der Waals surface area contributed by atoms with E-state index in [9.17, 15) is 14.9 Å². The van der Waals surface area contributed by atoms with Gasteiger partial charge in [0.1, 0.15) is 6.61 Å². The lowest BCUT2D eigenvalue weighted by atomic mass is 10.0. The van der Waals surface area contributed by atoms with E-state index in [-0.39, 0.29) is 30.5 Å². The number of carbonyl (C=O) groups excluding carboxylic acids is 1. The number of hydrogen-bond acceptors (Lipinski definition) is 4. The van der Waals surface area contributed by atoms with E-state index in [0.717, 1.165) is 25.7 Å². The molecule has 0 heterocycles. The predicted octanol–water partition coefficient (Wildman–Crippen LogP) is 9.59. The van der Waals surface area contributed by atoms with Crippen LogP contribution in [0, 0.1) is 10.1 Å². The summed E-state index contributed by atoms with van der Waals surface area (Å²) in [6.45, 7) is 8.62. The Labute approximate surface area is 220 Å². The number of para-hydroxylation sites is 1. The van der Waals surface area contributed by atoms with Gasteiger partial charge in [-0.15, -0.1) is 0 Å². The Morgan fingerprint density at radius 2 is 1.25 bits per heavy atom. The van der Waals surface area contributed by atoms with Gasteiger partial charge in [-0.3, -0.25) is 10.1 Å². The molecule has 0 aromatic heterocycles. The number of nitrogens with zero attached hydrogens (tertiary/aromatic N) is 2. The van der Waals surface area contributed by atoms with E-state index < -0.39 is 4.92 Å². The van der Waals surface area contributed by atoms with Crippen LogP contribution in [0.15, 0.2) is 24.3 Å². The molecular weight excluding hydrogens is 452 g/mol. The Morgan fingerprint density at radius 3 is 1.72 bits per heavy atom. The van der Waals surface area contributed by atoms with E-state index in [4.69, 9.17) is 4.74 Å². The number of nitro groups is 1. The molecule has 0 saturated carbocycles. The lowest BCUT2D eigenvalue weighted by Gasteiger charge is -2.34. The van der Waals surface area contributed by atoms with Gasteiger partial charge in [-0.1, -0.05) is 116 Å². The fourth-order valence-corrected chi connectivity index (χ4v) is 4.89. The quantitative estimate of drug-likeness (QED) is 0.0948. The topological polar surface area (TPSA) is 72.7 Å². The number of amides is 1. The van der Waals surface area contributed by atoms with E-state index >= 15 is 0 Å². The summed E-state index contributed by atoms with van der Waals surface area (Å²) in [7, 11) is 0. The Hall–Kier alpha value is -2.11. The van der Waals surface area contributed by atoms with Gasteiger partial charge >= 0.3 is 6.09 Å². The van der Waals surface area contributed by atoms with Gasteiger partial charge in [0.2, 0.25) is 0 Å². The summed E-state index contributed by atoms with van der Waals surface area (Å²) in [5, 5.41) is 11.3. The Kier molecular flexibility index (Phi) is 17.7. The van der Waals surface area contributed by atoms with Crippen LogP contribution in [0.2, 0.25) is 0 Å². The van der Waals surface area contributed by atoms with Gasteiger partial charge in [0.05, 0.1) is 10.5 Å². The molecule has 0 aliphatic rings. The van der Waals surface area contributed by atoms with Crippen LogP contribution in [-0.2, 0) is 11.3 Å². The standard InChI is InChI=1S/C30H52N2O4/c1-5-7-9-11-13-15-17-21-26(3)31(27(4)22-18-16-14-12-10-8-6-2)30(33)36-25-28-23-19-20-24-29(28)32(34)35/h19-20,23-24,26-27H,5-18,21-22,25H2,1-4H3. The first kappa shape index (κ1) is 31.9. The normalized spacial score (nSPS) is 12.8. The molecular formula is C30H52N2O4. The number of unbranched alkanes of at least 4 members (excludes halogenated alkanes) is 12. The maximum absolute atomic E-state index is 13.2. The third kappa shape index (κ3) is 13.3. The zero-order valence-corrected chi connectivity index (χ0v) is 23.5. The monoisotopic (exact) mass is 504 g/mol. The van der Waals surface area contributed by atoms with Crippen molar-refractivity contribution < 1.29 is 14.5 Å². The van der Waals surface area contributed by atoms with Gasteiger partial charge in [-0.2, -0.15) is 0 Å². The van der Waals surface area contributed by atoms with Crippen molar-refractivity contribution in [3.63, 3.8) is 0 Å². The molecule has 0 saturated heterocycles. The lowest BCUT2D eigenvalue weighted by Crippen LogP contribution is -2.45. The van der Waals surface area contributed by atoms with Crippen molar-refractivity contribution in [2.75, 3.05) is 0 Å². The van der Waals surface area contributed by atoms with E-state index in [0.29, 0.717) is 5.56 Å². The minimum atomic E-state index is -0.423. The van der Waals surface area contributed by atoms with Crippen molar-refractivity contribution in [2.24, 2.45) is 0 Å². The van der Waals surface area contributed by atoms with Crippen LogP contribution in [0.3, 0.4) is 0 Å². The molecule has 0 radical (unpaired) electrons. The fourth-order valence-electron chi connectivity index (χ4n) is 4.89. The molecule has 6 nitrogen and oxygen atoms in total. The highest BCUT2D eigenvalue weighted by Crippen LogP contribution is 2.22. The van der Waals surface area contributed by atoms with Crippen LogP contribution < -0.4 is 0 Å². The van der Waals surface area contributed by atoms with Gasteiger partial charge in [0.25, 0.3) is 5.69 Å². The predicted molar refractivity (Wildman–Crippen MR) is 149 cm³/mol. The van der Waals surface area contributed by atoms with E-state index in [1.807, 2.05) is 4.90 Å². The second kappa shape index (κ2) is 20.0. The largest absolute Gasteiger partial charge is 0.444 e. The van der Waals surface area contributed by atoms with Crippen molar-refractivity contribution in [1.29, 1.82) is 0 Å². The number of hydrogen-bond donors (Lipinski definition) is 0. The average molecular weight is 505 g/mol. The first-order valence-corrected chi connectivity index (χ1v) is 14.6. The average Bonchev–Trinajstić information content (AvgIpc) is 2.86. The van der Waals surface area contributed by atoms with Crippen molar-refractivity contribution in [3.05, 3.63) is 39.9 Å². The van der Waals surface area contributed by atoms with E-state index in [1.54, 1.807) is 18.2 Å². The zero-order valence-electron chi connectivity index (χ0n) is 23.5. The first-order valence-electron chi connectivity index (χ1n) is 14.6. The van der Waals surface area contributed by atoms with Crippen LogP contribution in [0.25, 0.3) is 0 Å². The second-order valence-corrected chi connectivity index (χ2v) is 10.4. The minimum absolute atomic E-state index is 0.0101. The molecule has 6 heteroatoms. The molecule has 206 valence electrons. The summed E-state index contributed by atoms with van der Waals surface area (Å²) in [6.07, 6.45) is 19.0. The highest BCUT2D eigenvalue weighted by Gasteiger charge is 2.27. The van der Waals surface area contributed by atoms with Gasteiger partial charge in [-0.05, 0) is 32.8 Å². The van der Waals surface area contributed by atoms with Crippen LogP contribution in [0.4, 0.5) is 10.5 Å². The zero-order chi connectivity index (χ0) is 26.6. The smallest absolute Gasteiger partial charge is 0.410 e. The van der Waals surface area contributed by atoms with Crippen LogP contribution in [-0.4, -0.2) is 28.0 Å². The fraction of sp³-hybridized carbons (Fsp3) is 0.767. The molecule has 0 fully saturated rings. The van der Waals surface area contributed by atoms with E-state index in [2.05, 4.69) is 27.7 Å². The van der Waals surface area contributed by atoms with Gasteiger partial charge in [0.15, 0.2) is 0 Å². The highest BCUT2D eigenvalue weighted by atomic mass is 16.6. The molecule has 0 aliphatic carbocycles. The first-order chi connectivity index (χ1) is 17.4. The van der Waals surface area contributed by atoms with Crippen molar-refractivity contribution >= 4 is 11.8 Å². The Balaban J connectivity index is 2.66. The SMILES string of the molecule is CCCCCCCCCC(C)N(C(=O)OCc1ccccc1[N+](=O)[O-])C(C)CCCCCCCCC. The molecule has 0 aliphatic heterocycles. The Morgan fingerprint density at radius 1 is 0.806 bits per heavy atom.